The molecule has 5 nitrogen and oxygen atoms in total. The largest absolute Gasteiger partial charge is 0.359 e. The molecule has 0 aliphatic carbocycles. The average molecular weight is 222 g/mol. The third-order valence-electron chi connectivity index (χ3n) is 2.35. The predicted octanol–water partition coefficient (Wildman–Crippen LogP) is 0.163. The van der Waals surface area contributed by atoms with Gasteiger partial charge in [0.05, 0.1) is 0 Å². The summed E-state index contributed by atoms with van der Waals surface area (Å²) in [6, 6.07) is 3.70. The van der Waals surface area contributed by atoms with Gasteiger partial charge in [-0.25, -0.2) is 0 Å². The Morgan fingerprint density at radius 3 is 2.88 bits per heavy atom. The molecule has 0 atom stereocenters. The van der Waals surface area contributed by atoms with E-state index in [4.69, 9.17) is 0 Å². The Bertz CT molecular complexity index is 422. The van der Waals surface area contributed by atoms with Crippen LogP contribution in [0.15, 0.2) is 28.1 Å². The molecular weight excluding hydrogens is 204 g/mol. The van der Waals surface area contributed by atoms with Gasteiger partial charge in [-0.2, -0.15) is 0 Å². The number of nitrogens with one attached hydrogen (secondary N) is 2. The maximum atomic E-state index is 11.9. The van der Waals surface area contributed by atoms with Gasteiger partial charge in [-0.1, -0.05) is 6.07 Å². The second kappa shape index (κ2) is 5.95. The molecule has 5 heteroatoms. The number of rotatable bonds is 3. The number of guanidine groups is 1. The lowest BCUT2D eigenvalue weighted by Crippen LogP contribution is -2.36. The molecule has 0 aliphatic rings. The summed E-state index contributed by atoms with van der Waals surface area (Å²) < 4.78 is 1.68. The molecule has 1 heterocycles. The first-order valence-electron chi connectivity index (χ1n) is 5.29. The Hall–Kier alpha value is -1.78. The van der Waals surface area contributed by atoms with Crippen molar-refractivity contribution >= 4 is 5.96 Å². The van der Waals surface area contributed by atoms with E-state index in [-0.39, 0.29) is 5.56 Å². The average Bonchev–Trinajstić information content (AvgIpc) is 2.32. The maximum absolute atomic E-state index is 11.9. The molecule has 0 saturated heterocycles. The Morgan fingerprint density at radius 1 is 1.56 bits per heavy atom. The van der Waals surface area contributed by atoms with Crippen LogP contribution < -0.4 is 16.2 Å². The third kappa shape index (κ3) is 2.85. The second-order valence-corrected chi connectivity index (χ2v) is 3.30. The molecule has 16 heavy (non-hydrogen) atoms. The van der Waals surface area contributed by atoms with Crippen LogP contribution >= 0.6 is 0 Å². The van der Waals surface area contributed by atoms with E-state index in [0.717, 1.165) is 5.56 Å². The highest BCUT2D eigenvalue weighted by molar-refractivity contribution is 5.79. The maximum Gasteiger partial charge on any atom is 0.255 e. The summed E-state index contributed by atoms with van der Waals surface area (Å²) >= 11 is 0. The molecule has 0 aliphatic heterocycles. The first-order chi connectivity index (χ1) is 7.72. The lowest BCUT2D eigenvalue weighted by atomic mass is 10.2. The molecule has 0 bridgehead atoms. The normalized spacial score (nSPS) is 11.3. The number of aryl methyl sites for hydroxylation is 1. The van der Waals surface area contributed by atoms with Crippen LogP contribution in [-0.2, 0) is 13.1 Å². The van der Waals surface area contributed by atoms with Crippen LogP contribution in [0.3, 0.4) is 0 Å². The van der Waals surface area contributed by atoms with E-state index in [9.17, 15) is 4.79 Å². The summed E-state index contributed by atoms with van der Waals surface area (Å²) in [5, 5.41) is 5.95. The molecule has 0 fully saturated rings. The van der Waals surface area contributed by atoms with Crippen molar-refractivity contribution in [2.75, 3.05) is 14.1 Å². The Labute approximate surface area is 95.2 Å². The molecule has 0 unspecified atom stereocenters. The van der Waals surface area contributed by atoms with E-state index in [1.807, 2.05) is 19.1 Å². The quantitative estimate of drug-likeness (QED) is 0.566. The smallest absolute Gasteiger partial charge is 0.255 e. The molecule has 0 spiro atoms. The van der Waals surface area contributed by atoms with Crippen LogP contribution in [0.25, 0.3) is 0 Å². The molecule has 1 aromatic heterocycles. The lowest BCUT2D eigenvalue weighted by molar-refractivity contribution is 0.707. The Kier molecular flexibility index (Phi) is 4.57. The molecule has 0 radical (unpaired) electrons. The number of nitrogens with zero attached hydrogens (tertiary/aromatic N) is 2. The highest BCUT2D eigenvalue weighted by atomic mass is 16.1. The third-order valence-corrected chi connectivity index (χ3v) is 2.35. The molecule has 0 saturated carbocycles. The molecular formula is C11H18N4O. The molecule has 2 N–H and O–H groups in total. The van der Waals surface area contributed by atoms with Gasteiger partial charge in [0.15, 0.2) is 5.96 Å². The minimum atomic E-state index is 0.0454. The minimum Gasteiger partial charge on any atom is -0.359 e. The van der Waals surface area contributed by atoms with Crippen molar-refractivity contribution in [3.8, 4) is 0 Å². The fourth-order valence-electron chi connectivity index (χ4n) is 1.43. The van der Waals surface area contributed by atoms with E-state index >= 15 is 0 Å². The van der Waals surface area contributed by atoms with Crippen molar-refractivity contribution in [3.63, 3.8) is 0 Å². The number of hydrogen-bond acceptors (Lipinski definition) is 2. The van der Waals surface area contributed by atoms with E-state index in [1.165, 1.54) is 0 Å². The van der Waals surface area contributed by atoms with Gasteiger partial charge in [-0.05, 0) is 13.0 Å². The summed E-state index contributed by atoms with van der Waals surface area (Å²) in [6.45, 7) is 3.12. The molecule has 0 amide bonds. The van der Waals surface area contributed by atoms with Gasteiger partial charge in [-0.3, -0.25) is 9.79 Å². The predicted molar refractivity (Wildman–Crippen MR) is 65.6 cm³/mol. The summed E-state index contributed by atoms with van der Waals surface area (Å²) in [7, 11) is 3.47. The number of hydrogen-bond donors (Lipinski definition) is 2. The van der Waals surface area contributed by atoms with Gasteiger partial charge in [0.2, 0.25) is 0 Å². The van der Waals surface area contributed by atoms with Crippen LogP contribution in [0.1, 0.15) is 12.5 Å². The standard InChI is InChI=1S/C11H18N4O/c1-4-15-7-5-6-9(10(15)16)8-14-11(12-2)13-3/h5-7H,4,8H2,1-3H3,(H2,12,13,14). The molecule has 0 aromatic carbocycles. The van der Waals surface area contributed by atoms with Crippen molar-refractivity contribution in [3.05, 3.63) is 34.2 Å². The van der Waals surface area contributed by atoms with Gasteiger partial charge < -0.3 is 15.2 Å². The van der Waals surface area contributed by atoms with Gasteiger partial charge in [0.1, 0.15) is 0 Å². The minimum absolute atomic E-state index is 0.0454. The van der Waals surface area contributed by atoms with E-state index in [2.05, 4.69) is 15.6 Å². The summed E-state index contributed by atoms with van der Waals surface area (Å²) in [4.78, 5) is 15.8. The molecule has 88 valence electrons. The van der Waals surface area contributed by atoms with Gasteiger partial charge in [0.25, 0.3) is 5.56 Å². The monoisotopic (exact) mass is 222 g/mol. The van der Waals surface area contributed by atoms with Crippen molar-refractivity contribution in [1.29, 1.82) is 0 Å². The fraction of sp³-hybridized carbons (Fsp3) is 0.455. The topological polar surface area (TPSA) is 58.4 Å². The van der Waals surface area contributed by atoms with Crippen LogP contribution in [0.5, 0.6) is 0 Å². The van der Waals surface area contributed by atoms with Crippen LogP contribution in [-0.4, -0.2) is 24.6 Å². The van der Waals surface area contributed by atoms with Crippen LogP contribution in [0.4, 0.5) is 0 Å². The molecule has 1 aromatic rings. The zero-order valence-corrected chi connectivity index (χ0v) is 9.95. The van der Waals surface area contributed by atoms with E-state index in [1.54, 1.807) is 24.9 Å². The first kappa shape index (κ1) is 12.3. The van der Waals surface area contributed by atoms with Crippen molar-refractivity contribution in [2.24, 2.45) is 4.99 Å². The zero-order valence-electron chi connectivity index (χ0n) is 9.95. The number of aromatic nitrogens is 1. The van der Waals surface area contributed by atoms with Crippen LogP contribution in [0.2, 0.25) is 0 Å². The summed E-state index contributed by atoms with van der Waals surface area (Å²) in [5.74, 6) is 0.673. The van der Waals surface area contributed by atoms with E-state index < -0.39 is 0 Å². The number of pyridine rings is 1. The first-order valence-corrected chi connectivity index (χ1v) is 5.29. The van der Waals surface area contributed by atoms with Gasteiger partial charge >= 0.3 is 0 Å². The molecule has 1 rings (SSSR count). The highest BCUT2D eigenvalue weighted by Crippen LogP contribution is 1.91. The summed E-state index contributed by atoms with van der Waals surface area (Å²) in [6.07, 6.45) is 1.79. The van der Waals surface area contributed by atoms with E-state index in [0.29, 0.717) is 19.0 Å². The van der Waals surface area contributed by atoms with Crippen molar-refractivity contribution < 1.29 is 0 Å². The SMILES string of the molecule is CCn1cccc(CNC(=NC)NC)c1=O. The highest BCUT2D eigenvalue weighted by Gasteiger charge is 2.02. The fourth-order valence-corrected chi connectivity index (χ4v) is 1.43. The van der Waals surface area contributed by atoms with Crippen molar-refractivity contribution in [2.45, 2.75) is 20.0 Å². The second-order valence-electron chi connectivity index (χ2n) is 3.30. The van der Waals surface area contributed by atoms with Gasteiger partial charge in [0, 0.05) is 38.9 Å². The zero-order chi connectivity index (χ0) is 12.0. The van der Waals surface area contributed by atoms with Crippen molar-refractivity contribution in [1.82, 2.24) is 15.2 Å². The van der Waals surface area contributed by atoms with Crippen LogP contribution in [0, 0.1) is 0 Å². The van der Waals surface area contributed by atoms with Gasteiger partial charge in [-0.15, -0.1) is 0 Å². The number of aliphatic imine (C=N–C) groups is 1. The Morgan fingerprint density at radius 2 is 2.31 bits per heavy atom. The summed E-state index contributed by atoms with van der Waals surface area (Å²) in [5.41, 5.74) is 0.782. The Balaban J connectivity index is 2.79. The lowest BCUT2D eigenvalue weighted by Gasteiger charge is -2.09.